The molecule has 0 saturated heterocycles. The fraction of sp³-hybridized carbons (Fsp3) is 0.412. The SMILES string of the molecule is CCCNC(c1cccc(OCC)c1)c1csc(C)c1. The van der Waals surface area contributed by atoms with Crippen molar-refractivity contribution in [3.05, 3.63) is 51.7 Å². The lowest BCUT2D eigenvalue weighted by atomic mass is 10.0. The number of hydrogen-bond donors (Lipinski definition) is 1. The first-order chi connectivity index (χ1) is 9.74. The molecule has 2 rings (SSSR count). The molecule has 0 radical (unpaired) electrons. The largest absolute Gasteiger partial charge is 0.494 e. The maximum absolute atomic E-state index is 5.62. The summed E-state index contributed by atoms with van der Waals surface area (Å²) in [6.07, 6.45) is 1.13. The van der Waals surface area contributed by atoms with Gasteiger partial charge in [-0.05, 0) is 61.5 Å². The molecule has 1 N–H and O–H groups in total. The monoisotopic (exact) mass is 289 g/mol. The maximum atomic E-state index is 5.62. The predicted octanol–water partition coefficient (Wildman–Crippen LogP) is 4.54. The minimum absolute atomic E-state index is 0.250. The first kappa shape index (κ1) is 15.1. The Hall–Kier alpha value is -1.32. The van der Waals surface area contributed by atoms with Gasteiger partial charge in [0, 0.05) is 4.88 Å². The fourth-order valence-corrected chi connectivity index (χ4v) is 3.01. The number of nitrogens with one attached hydrogen (secondary N) is 1. The summed E-state index contributed by atoms with van der Waals surface area (Å²) in [6.45, 7) is 8.08. The Kier molecular flexibility index (Phi) is 5.62. The van der Waals surface area contributed by atoms with E-state index in [0.29, 0.717) is 6.61 Å². The van der Waals surface area contributed by atoms with Gasteiger partial charge in [0.25, 0.3) is 0 Å². The molecule has 1 unspecified atom stereocenters. The highest BCUT2D eigenvalue weighted by Crippen LogP contribution is 2.28. The molecule has 0 aliphatic carbocycles. The molecule has 0 bridgehead atoms. The Morgan fingerprint density at radius 2 is 2.05 bits per heavy atom. The van der Waals surface area contributed by atoms with E-state index in [9.17, 15) is 0 Å². The summed E-state index contributed by atoms with van der Waals surface area (Å²) in [6, 6.07) is 10.9. The molecule has 108 valence electrons. The van der Waals surface area contributed by atoms with Gasteiger partial charge in [0.05, 0.1) is 12.6 Å². The molecule has 3 heteroatoms. The van der Waals surface area contributed by atoms with Gasteiger partial charge in [0.1, 0.15) is 5.75 Å². The lowest BCUT2D eigenvalue weighted by Crippen LogP contribution is -2.22. The number of rotatable bonds is 7. The van der Waals surface area contributed by atoms with E-state index in [1.54, 1.807) is 11.3 Å². The highest BCUT2D eigenvalue weighted by atomic mass is 32.1. The second-order valence-electron chi connectivity index (χ2n) is 4.88. The Labute approximate surface area is 125 Å². The number of benzene rings is 1. The molecule has 0 spiro atoms. The molecule has 0 amide bonds. The molecule has 1 aromatic carbocycles. The van der Waals surface area contributed by atoms with Gasteiger partial charge >= 0.3 is 0 Å². The quantitative estimate of drug-likeness (QED) is 0.807. The lowest BCUT2D eigenvalue weighted by Gasteiger charge is -2.19. The number of ether oxygens (including phenoxy) is 1. The van der Waals surface area contributed by atoms with Crippen LogP contribution in [0.2, 0.25) is 0 Å². The van der Waals surface area contributed by atoms with Crippen LogP contribution in [0.15, 0.2) is 35.7 Å². The van der Waals surface area contributed by atoms with Gasteiger partial charge in [-0.3, -0.25) is 0 Å². The smallest absolute Gasteiger partial charge is 0.119 e. The molecule has 20 heavy (non-hydrogen) atoms. The average Bonchev–Trinajstić information content (AvgIpc) is 2.87. The summed E-state index contributed by atoms with van der Waals surface area (Å²) in [4.78, 5) is 1.35. The van der Waals surface area contributed by atoms with Crippen LogP contribution in [0.1, 0.15) is 42.3 Å². The summed E-state index contributed by atoms with van der Waals surface area (Å²) in [5.74, 6) is 0.945. The van der Waals surface area contributed by atoms with E-state index < -0.39 is 0 Å². The summed E-state index contributed by atoms with van der Waals surface area (Å²) in [7, 11) is 0. The van der Waals surface area contributed by atoms with E-state index in [0.717, 1.165) is 18.7 Å². The van der Waals surface area contributed by atoms with E-state index in [1.165, 1.54) is 16.0 Å². The average molecular weight is 289 g/mol. The zero-order valence-electron chi connectivity index (χ0n) is 12.5. The lowest BCUT2D eigenvalue weighted by molar-refractivity contribution is 0.339. The molecule has 0 fully saturated rings. The number of thiophene rings is 1. The Morgan fingerprint density at radius 1 is 1.20 bits per heavy atom. The minimum Gasteiger partial charge on any atom is -0.494 e. The van der Waals surface area contributed by atoms with E-state index in [4.69, 9.17) is 4.74 Å². The molecule has 0 aliphatic rings. The Balaban J connectivity index is 2.28. The number of aryl methyl sites for hydroxylation is 1. The second kappa shape index (κ2) is 7.46. The van der Waals surface area contributed by atoms with E-state index >= 15 is 0 Å². The number of hydrogen-bond acceptors (Lipinski definition) is 3. The first-order valence-electron chi connectivity index (χ1n) is 7.25. The highest BCUT2D eigenvalue weighted by molar-refractivity contribution is 7.10. The van der Waals surface area contributed by atoms with Gasteiger partial charge in [0.2, 0.25) is 0 Å². The van der Waals surface area contributed by atoms with Crippen molar-refractivity contribution >= 4 is 11.3 Å². The van der Waals surface area contributed by atoms with Gasteiger partial charge in [-0.2, -0.15) is 0 Å². The minimum atomic E-state index is 0.250. The molecule has 1 atom stereocenters. The molecule has 0 aliphatic heterocycles. The Bertz CT molecular complexity index is 535. The second-order valence-corrected chi connectivity index (χ2v) is 6.00. The van der Waals surface area contributed by atoms with Crippen LogP contribution in [0.5, 0.6) is 5.75 Å². The summed E-state index contributed by atoms with van der Waals surface area (Å²) in [5, 5.41) is 5.88. The molecule has 2 aromatic rings. The van der Waals surface area contributed by atoms with Gasteiger partial charge < -0.3 is 10.1 Å². The molecule has 1 heterocycles. The third-order valence-electron chi connectivity index (χ3n) is 3.19. The van der Waals surface area contributed by atoms with Crippen molar-refractivity contribution in [1.82, 2.24) is 5.32 Å². The zero-order valence-corrected chi connectivity index (χ0v) is 13.3. The standard InChI is InChI=1S/C17H23NOS/c1-4-9-18-17(15-10-13(3)20-12-15)14-7-6-8-16(11-14)19-5-2/h6-8,10-12,17-18H,4-5,9H2,1-3H3. The highest BCUT2D eigenvalue weighted by Gasteiger charge is 2.15. The topological polar surface area (TPSA) is 21.3 Å². The van der Waals surface area contributed by atoms with Crippen molar-refractivity contribution in [1.29, 1.82) is 0 Å². The van der Waals surface area contributed by atoms with Crippen LogP contribution >= 0.6 is 11.3 Å². The van der Waals surface area contributed by atoms with Crippen LogP contribution in [0.3, 0.4) is 0 Å². The maximum Gasteiger partial charge on any atom is 0.119 e. The van der Waals surface area contributed by atoms with Crippen LogP contribution < -0.4 is 10.1 Å². The van der Waals surface area contributed by atoms with Crippen LogP contribution in [-0.2, 0) is 0 Å². The van der Waals surface area contributed by atoms with E-state index in [-0.39, 0.29) is 6.04 Å². The predicted molar refractivity (Wildman–Crippen MR) is 86.8 cm³/mol. The fourth-order valence-electron chi connectivity index (χ4n) is 2.28. The third-order valence-corrected chi connectivity index (χ3v) is 4.06. The molecular formula is C17H23NOS. The summed E-state index contributed by atoms with van der Waals surface area (Å²) in [5.41, 5.74) is 2.61. The molecular weight excluding hydrogens is 266 g/mol. The molecule has 2 nitrogen and oxygen atoms in total. The van der Waals surface area contributed by atoms with Crippen molar-refractivity contribution in [3.8, 4) is 5.75 Å². The summed E-state index contributed by atoms with van der Waals surface area (Å²) < 4.78 is 5.62. The van der Waals surface area contributed by atoms with Crippen LogP contribution in [0.25, 0.3) is 0 Å². The summed E-state index contributed by atoms with van der Waals surface area (Å²) >= 11 is 1.80. The van der Waals surface area contributed by atoms with Gasteiger partial charge in [-0.25, -0.2) is 0 Å². The van der Waals surface area contributed by atoms with Crippen molar-refractivity contribution in [2.45, 2.75) is 33.2 Å². The van der Waals surface area contributed by atoms with Gasteiger partial charge in [0.15, 0.2) is 0 Å². The van der Waals surface area contributed by atoms with Crippen molar-refractivity contribution in [2.75, 3.05) is 13.2 Å². The van der Waals surface area contributed by atoms with Gasteiger partial charge in [-0.1, -0.05) is 19.1 Å². The first-order valence-corrected chi connectivity index (χ1v) is 8.13. The van der Waals surface area contributed by atoms with Crippen LogP contribution in [0, 0.1) is 6.92 Å². The van der Waals surface area contributed by atoms with Gasteiger partial charge in [-0.15, -0.1) is 11.3 Å². The molecule has 0 saturated carbocycles. The third kappa shape index (κ3) is 3.84. The van der Waals surface area contributed by atoms with Crippen molar-refractivity contribution in [2.24, 2.45) is 0 Å². The zero-order chi connectivity index (χ0) is 14.4. The van der Waals surface area contributed by atoms with Crippen LogP contribution in [-0.4, -0.2) is 13.2 Å². The van der Waals surface area contributed by atoms with E-state index in [2.05, 4.69) is 48.8 Å². The van der Waals surface area contributed by atoms with E-state index in [1.807, 2.05) is 13.0 Å². The molecule has 1 aromatic heterocycles. The normalized spacial score (nSPS) is 12.3. The van der Waals surface area contributed by atoms with Crippen molar-refractivity contribution in [3.63, 3.8) is 0 Å². The Morgan fingerprint density at radius 3 is 2.70 bits per heavy atom. The van der Waals surface area contributed by atoms with Crippen LogP contribution in [0.4, 0.5) is 0 Å². The van der Waals surface area contributed by atoms with Crippen molar-refractivity contribution < 1.29 is 4.74 Å².